The van der Waals surface area contributed by atoms with Crippen LogP contribution in [0.5, 0.6) is 5.88 Å². The third kappa shape index (κ3) is 1.50. The molecule has 0 saturated heterocycles. The fourth-order valence-corrected chi connectivity index (χ4v) is 1.67. The van der Waals surface area contributed by atoms with Gasteiger partial charge < -0.3 is 10.1 Å². The number of nitrogens with one attached hydrogen (secondary N) is 1. The van der Waals surface area contributed by atoms with E-state index in [4.69, 9.17) is 0 Å². The van der Waals surface area contributed by atoms with E-state index in [0.717, 1.165) is 10.9 Å². The van der Waals surface area contributed by atoms with Gasteiger partial charge in [0.25, 0.3) is 0 Å². The standard InChI is InChI=1S/C11H10N2O2/c1-7(6-12-15)10-8-4-2-3-5-9(8)13-11(10)14/h2-6,13-14H,1H3/b7-6+. The van der Waals surface area contributed by atoms with Crippen LogP contribution in [-0.2, 0) is 0 Å². The molecule has 1 aromatic carbocycles. The van der Waals surface area contributed by atoms with Gasteiger partial charge in [0.1, 0.15) is 0 Å². The average Bonchev–Trinajstić information content (AvgIpc) is 2.54. The molecule has 0 bridgehead atoms. The van der Waals surface area contributed by atoms with Gasteiger partial charge in [-0.25, -0.2) is 0 Å². The van der Waals surface area contributed by atoms with Crippen molar-refractivity contribution in [1.82, 2.24) is 4.98 Å². The van der Waals surface area contributed by atoms with Gasteiger partial charge in [0.05, 0.1) is 6.20 Å². The first-order valence-corrected chi connectivity index (χ1v) is 4.53. The van der Waals surface area contributed by atoms with Crippen LogP contribution in [0.3, 0.4) is 0 Å². The highest BCUT2D eigenvalue weighted by molar-refractivity contribution is 5.95. The number of para-hydroxylation sites is 1. The van der Waals surface area contributed by atoms with Crippen molar-refractivity contribution in [2.24, 2.45) is 5.18 Å². The van der Waals surface area contributed by atoms with Crippen LogP contribution < -0.4 is 0 Å². The summed E-state index contributed by atoms with van der Waals surface area (Å²) in [5.41, 5.74) is 2.11. The summed E-state index contributed by atoms with van der Waals surface area (Å²) in [6.45, 7) is 1.73. The lowest BCUT2D eigenvalue weighted by Gasteiger charge is -1.97. The molecule has 0 saturated carbocycles. The lowest BCUT2D eigenvalue weighted by Crippen LogP contribution is -1.76. The lowest BCUT2D eigenvalue weighted by molar-refractivity contribution is 0.457. The van der Waals surface area contributed by atoms with E-state index in [9.17, 15) is 10.0 Å². The summed E-state index contributed by atoms with van der Waals surface area (Å²) in [5.74, 6) is 0.0635. The summed E-state index contributed by atoms with van der Waals surface area (Å²) in [6.07, 6.45) is 1.19. The predicted octanol–water partition coefficient (Wildman–Crippen LogP) is 3.00. The molecular formula is C11H10N2O2. The number of allylic oxidation sites excluding steroid dienone is 1. The van der Waals surface area contributed by atoms with Crippen molar-refractivity contribution >= 4 is 16.5 Å². The first-order valence-electron chi connectivity index (χ1n) is 4.53. The average molecular weight is 202 g/mol. The monoisotopic (exact) mass is 202 g/mol. The van der Waals surface area contributed by atoms with Gasteiger partial charge in [-0.2, -0.15) is 0 Å². The van der Waals surface area contributed by atoms with Crippen molar-refractivity contribution in [2.75, 3.05) is 0 Å². The molecule has 4 heteroatoms. The Morgan fingerprint density at radius 3 is 2.93 bits per heavy atom. The number of nitroso groups, excluding NO2 is 1. The van der Waals surface area contributed by atoms with Gasteiger partial charge in [0, 0.05) is 16.5 Å². The van der Waals surface area contributed by atoms with Crippen LogP contribution in [0.4, 0.5) is 0 Å². The largest absolute Gasteiger partial charge is 0.494 e. The molecule has 2 N–H and O–H groups in total. The molecule has 1 aromatic heterocycles. The second kappa shape index (κ2) is 3.57. The van der Waals surface area contributed by atoms with Crippen LogP contribution >= 0.6 is 0 Å². The molecule has 0 aliphatic heterocycles. The van der Waals surface area contributed by atoms with Crippen molar-refractivity contribution in [2.45, 2.75) is 6.92 Å². The molecular weight excluding hydrogens is 192 g/mol. The number of aromatic nitrogens is 1. The molecule has 2 aromatic rings. The van der Waals surface area contributed by atoms with Crippen LogP contribution in [0.2, 0.25) is 0 Å². The molecule has 4 nitrogen and oxygen atoms in total. The molecule has 0 aliphatic rings. The first kappa shape index (κ1) is 9.45. The number of H-pyrrole nitrogens is 1. The fraction of sp³-hybridized carbons (Fsp3) is 0.0909. The zero-order chi connectivity index (χ0) is 10.8. The van der Waals surface area contributed by atoms with Crippen molar-refractivity contribution in [3.8, 4) is 5.88 Å². The number of hydrogen-bond acceptors (Lipinski definition) is 3. The van der Waals surface area contributed by atoms with Gasteiger partial charge in [-0.1, -0.05) is 18.2 Å². The lowest BCUT2D eigenvalue weighted by atomic mass is 10.1. The molecule has 0 aliphatic carbocycles. The maximum absolute atomic E-state index is 10.1. The summed E-state index contributed by atoms with van der Waals surface area (Å²) < 4.78 is 0. The minimum Gasteiger partial charge on any atom is -0.494 e. The molecule has 15 heavy (non-hydrogen) atoms. The van der Waals surface area contributed by atoms with E-state index in [2.05, 4.69) is 10.2 Å². The predicted molar refractivity (Wildman–Crippen MR) is 59.4 cm³/mol. The van der Waals surface area contributed by atoms with E-state index in [1.165, 1.54) is 6.20 Å². The summed E-state index contributed by atoms with van der Waals surface area (Å²) >= 11 is 0. The van der Waals surface area contributed by atoms with Crippen LogP contribution in [-0.4, -0.2) is 10.1 Å². The molecule has 76 valence electrons. The summed E-state index contributed by atoms with van der Waals surface area (Å²) in [4.78, 5) is 13.0. The zero-order valence-electron chi connectivity index (χ0n) is 8.19. The molecule has 1 heterocycles. The van der Waals surface area contributed by atoms with Gasteiger partial charge in [-0.3, -0.25) is 0 Å². The second-order valence-corrected chi connectivity index (χ2v) is 3.31. The van der Waals surface area contributed by atoms with Gasteiger partial charge in [-0.15, -0.1) is 4.91 Å². The highest BCUT2D eigenvalue weighted by Gasteiger charge is 2.11. The number of fused-ring (bicyclic) bond motifs is 1. The van der Waals surface area contributed by atoms with Gasteiger partial charge in [0.2, 0.25) is 0 Å². The Morgan fingerprint density at radius 2 is 2.20 bits per heavy atom. The first-order chi connectivity index (χ1) is 7.24. The minimum atomic E-state index is 0.0635. The van der Waals surface area contributed by atoms with Crippen LogP contribution in [0.15, 0.2) is 35.6 Å². The quantitative estimate of drug-likeness (QED) is 0.735. The molecule has 0 atom stereocenters. The SMILES string of the molecule is C/C(=C\N=O)c1c(O)[nH]c2ccccc12. The Hall–Kier alpha value is -2.10. The van der Waals surface area contributed by atoms with E-state index in [0.29, 0.717) is 11.1 Å². The Bertz CT molecular complexity index is 541. The molecule has 0 radical (unpaired) electrons. The topological polar surface area (TPSA) is 65.4 Å². The van der Waals surface area contributed by atoms with Crippen molar-refractivity contribution in [3.05, 3.63) is 40.9 Å². The van der Waals surface area contributed by atoms with Gasteiger partial charge in [0.15, 0.2) is 5.88 Å². The smallest absolute Gasteiger partial charge is 0.197 e. The number of hydrogen-bond donors (Lipinski definition) is 2. The van der Waals surface area contributed by atoms with Crippen molar-refractivity contribution in [3.63, 3.8) is 0 Å². The number of rotatable bonds is 2. The summed E-state index contributed by atoms with van der Waals surface area (Å²) in [5, 5.41) is 13.3. The highest BCUT2D eigenvalue weighted by atomic mass is 16.3. The van der Waals surface area contributed by atoms with Crippen LogP contribution in [0, 0.1) is 4.91 Å². The highest BCUT2D eigenvalue weighted by Crippen LogP contribution is 2.32. The molecule has 2 rings (SSSR count). The number of nitrogens with zero attached hydrogens (tertiary/aromatic N) is 1. The molecule has 0 amide bonds. The fourth-order valence-electron chi connectivity index (χ4n) is 1.67. The van der Waals surface area contributed by atoms with Gasteiger partial charge in [-0.05, 0) is 23.7 Å². The normalized spacial score (nSPS) is 11.9. The van der Waals surface area contributed by atoms with E-state index in [1.54, 1.807) is 6.92 Å². The maximum atomic E-state index is 10.1. The Balaban J connectivity index is 2.74. The van der Waals surface area contributed by atoms with Crippen molar-refractivity contribution < 1.29 is 5.11 Å². The number of aromatic amines is 1. The van der Waals surface area contributed by atoms with E-state index >= 15 is 0 Å². The number of aromatic hydroxyl groups is 1. The molecule has 0 spiro atoms. The van der Waals surface area contributed by atoms with Crippen molar-refractivity contribution in [1.29, 1.82) is 0 Å². The molecule has 0 unspecified atom stereocenters. The third-order valence-corrected chi connectivity index (χ3v) is 2.33. The van der Waals surface area contributed by atoms with E-state index in [-0.39, 0.29) is 5.88 Å². The van der Waals surface area contributed by atoms with Crippen LogP contribution in [0.25, 0.3) is 16.5 Å². The minimum absolute atomic E-state index is 0.0635. The Morgan fingerprint density at radius 1 is 1.47 bits per heavy atom. The zero-order valence-corrected chi connectivity index (χ0v) is 8.19. The third-order valence-electron chi connectivity index (χ3n) is 2.33. The second-order valence-electron chi connectivity index (χ2n) is 3.31. The molecule has 0 fully saturated rings. The van der Waals surface area contributed by atoms with Crippen LogP contribution in [0.1, 0.15) is 12.5 Å². The summed E-state index contributed by atoms with van der Waals surface area (Å²) in [7, 11) is 0. The van der Waals surface area contributed by atoms with E-state index < -0.39 is 0 Å². The Kier molecular flexibility index (Phi) is 2.25. The maximum Gasteiger partial charge on any atom is 0.197 e. The van der Waals surface area contributed by atoms with E-state index in [1.807, 2.05) is 24.3 Å². The number of benzene rings is 1. The van der Waals surface area contributed by atoms with Gasteiger partial charge >= 0.3 is 0 Å². The summed E-state index contributed by atoms with van der Waals surface area (Å²) in [6, 6.07) is 7.49. The Labute approximate surface area is 86.2 Å².